The molecule has 3 nitrogen and oxygen atoms in total. The van der Waals surface area contributed by atoms with E-state index >= 15 is 0 Å². The highest BCUT2D eigenvalue weighted by Gasteiger charge is 2.42. The first-order chi connectivity index (χ1) is 7.33. The molecule has 0 saturated carbocycles. The molecule has 3 heteroatoms. The highest BCUT2D eigenvalue weighted by Crippen LogP contribution is 2.42. The van der Waals surface area contributed by atoms with E-state index in [0.29, 0.717) is 0 Å². The molecule has 0 bridgehead atoms. The molecule has 1 aliphatic heterocycles. The van der Waals surface area contributed by atoms with Crippen molar-refractivity contribution in [2.75, 3.05) is 4.90 Å². The molecule has 90 valence electrons. The van der Waals surface area contributed by atoms with E-state index < -0.39 is 0 Å². The number of piperidine rings is 1. The van der Waals surface area contributed by atoms with Gasteiger partial charge >= 0.3 is 0 Å². The average molecular weight is 223 g/mol. The molecule has 1 N–H and O–H groups in total. The Labute approximate surface area is 97.1 Å². The molecule has 1 aliphatic rings. The minimum Gasteiger partial charge on any atom is -0.505 e. The Balaban J connectivity index is 2.41. The van der Waals surface area contributed by atoms with Gasteiger partial charge in [0.15, 0.2) is 11.6 Å². The molecule has 0 radical (unpaired) electrons. The van der Waals surface area contributed by atoms with E-state index in [-0.39, 0.29) is 16.8 Å². The molecule has 0 atom stereocenters. The summed E-state index contributed by atoms with van der Waals surface area (Å²) in [5.74, 6) is 0.972. The smallest absolute Gasteiger partial charge is 0.200 e. The fourth-order valence-corrected chi connectivity index (χ4v) is 3.03. The number of aromatic hydroxyl groups is 1. The van der Waals surface area contributed by atoms with Crippen LogP contribution in [0.5, 0.6) is 5.75 Å². The van der Waals surface area contributed by atoms with Crippen molar-refractivity contribution in [3.05, 3.63) is 12.3 Å². The molecule has 1 fully saturated rings. The molecule has 1 aromatic heterocycles. The van der Waals surface area contributed by atoms with E-state index in [1.807, 2.05) is 0 Å². The van der Waals surface area contributed by atoms with Crippen molar-refractivity contribution in [2.24, 2.45) is 0 Å². The summed E-state index contributed by atoms with van der Waals surface area (Å²) in [6.07, 6.45) is 4.94. The molecule has 2 rings (SSSR count). The number of rotatable bonds is 1. The fraction of sp³-hybridized carbons (Fsp3) is 0.692. The van der Waals surface area contributed by atoms with Gasteiger partial charge in [-0.15, -0.1) is 0 Å². The van der Waals surface area contributed by atoms with Crippen molar-refractivity contribution in [1.82, 2.24) is 0 Å². The molecule has 0 spiro atoms. The van der Waals surface area contributed by atoms with Crippen LogP contribution in [0.3, 0.4) is 0 Å². The largest absolute Gasteiger partial charge is 0.505 e. The van der Waals surface area contributed by atoms with Gasteiger partial charge in [-0.25, -0.2) is 0 Å². The second-order valence-electron chi connectivity index (χ2n) is 5.96. The zero-order valence-corrected chi connectivity index (χ0v) is 10.6. The highest BCUT2D eigenvalue weighted by atomic mass is 16.4. The van der Waals surface area contributed by atoms with Crippen LogP contribution >= 0.6 is 0 Å². The van der Waals surface area contributed by atoms with Gasteiger partial charge in [0, 0.05) is 17.1 Å². The van der Waals surface area contributed by atoms with E-state index in [1.165, 1.54) is 12.7 Å². The van der Waals surface area contributed by atoms with Crippen molar-refractivity contribution in [3.8, 4) is 5.75 Å². The zero-order valence-electron chi connectivity index (χ0n) is 10.6. The number of hydrogen-bond donors (Lipinski definition) is 1. The maximum Gasteiger partial charge on any atom is 0.200 e. The van der Waals surface area contributed by atoms with Crippen LogP contribution in [0.15, 0.2) is 16.7 Å². The summed E-state index contributed by atoms with van der Waals surface area (Å²) in [5.41, 5.74) is 0.151. The summed E-state index contributed by atoms with van der Waals surface area (Å²) >= 11 is 0. The van der Waals surface area contributed by atoms with Gasteiger partial charge in [-0.3, -0.25) is 0 Å². The lowest BCUT2D eigenvalue weighted by atomic mass is 9.80. The van der Waals surface area contributed by atoms with Crippen LogP contribution in [-0.4, -0.2) is 16.2 Å². The molecule has 2 heterocycles. The molecule has 1 aromatic rings. The Bertz CT molecular complexity index is 363. The van der Waals surface area contributed by atoms with Crippen LogP contribution in [-0.2, 0) is 0 Å². The Hall–Kier alpha value is -1.12. The molecular weight excluding hydrogens is 202 g/mol. The third-order valence-corrected chi connectivity index (χ3v) is 3.58. The van der Waals surface area contributed by atoms with E-state index in [2.05, 4.69) is 32.6 Å². The van der Waals surface area contributed by atoms with Gasteiger partial charge in [0.05, 0.1) is 0 Å². The highest BCUT2D eigenvalue weighted by molar-refractivity contribution is 5.47. The predicted molar refractivity (Wildman–Crippen MR) is 64.9 cm³/mol. The molecule has 16 heavy (non-hydrogen) atoms. The van der Waals surface area contributed by atoms with Crippen LogP contribution in [0.4, 0.5) is 5.88 Å². The lowest BCUT2D eigenvalue weighted by Crippen LogP contribution is -2.58. The Kier molecular flexibility index (Phi) is 2.44. The average Bonchev–Trinajstić information content (AvgIpc) is 2.48. The van der Waals surface area contributed by atoms with Crippen molar-refractivity contribution in [1.29, 1.82) is 0 Å². The number of nitrogens with zero attached hydrogens (tertiary/aromatic N) is 1. The number of furan rings is 1. The van der Waals surface area contributed by atoms with Gasteiger partial charge in [0.1, 0.15) is 6.26 Å². The van der Waals surface area contributed by atoms with Crippen LogP contribution in [0, 0.1) is 0 Å². The van der Waals surface area contributed by atoms with Gasteiger partial charge in [-0.05, 0) is 47.0 Å². The minimum atomic E-state index is 0.0754. The van der Waals surface area contributed by atoms with E-state index in [0.717, 1.165) is 18.7 Å². The van der Waals surface area contributed by atoms with Gasteiger partial charge in [0.25, 0.3) is 0 Å². The summed E-state index contributed by atoms with van der Waals surface area (Å²) in [6, 6.07) is 1.70. The van der Waals surface area contributed by atoms with Crippen molar-refractivity contribution in [2.45, 2.75) is 58.0 Å². The first-order valence-electron chi connectivity index (χ1n) is 5.91. The van der Waals surface area contributed by atoms with Gasteiger partial charge < -0.3 is 14.4 Å². The van der Waals surface area contributed by atoms with Gasteiger partial charge in [0.2, 0.25) is 0 Å². The van der Waals surface area contributed by atoms with Crippen LogP contribution in [0.2, 0.25) is 0 Å². The lowest BCUT2D eigenvalue weighted by molar-refractivity contribution is 0.230. The normalized spacial score (nSPS) is 23.4. The summed E-state index contributed by atoms with van der Waals surface area (Å²) < 4.78 is 5.45. The number of anilines is 1. The summed E-state index contributed by atoms with van der Waals surface area (Å²) in [5, 5.41) is 9.40. The Morgan fingerprint density at radius 3 is 2.19 bits per heavy atom. The summed E-state index contributed by atoms with van der Waals surface area (Å²) in [6.45, 7) is 8.92. The Morgan fingerprint density at radius 2 is 1.75 bits per heavy atom. The molecule has 1 saturated heterocycles. The molecular formula is C13H21NO2. The SMILES string of the molecule is CC1(C)CCCC(C)(C)N1c1cc(O)co1. The summed E-state index contributed by atoms with van der Waals surface area (Å²) in [7, 11) is 0. The lowest BCUT2D eigenvalue weighted by Gasteiger charge is -2.52. The van der Waals surface area contributed by atoms with Crippen LogP contribution in [0.25, 0.3) is 0 Å². The fourth-order valence-electron chi connectivity index (χ4n) is 3.03. The Morgan fingerprint density at radius 1 is 1.19 bits per heavy atom. The predicted octanol–water partition coefficient (Wildman–Crippen LogP) is 3.53. The van der Waals surface area contributed by atoms with Gasteiger partial charge in [-0.1, -0.05) is 0 Å². The van der Waals surface area contributed by atoms with Crippen LogP contribution in [0.1, 0.15) is 47.0 Å². The minimum absolute atomic E-state index is 0.0754. The van der Waals surface area contributed by atoms with Crippen molar-refractivity contribution < 1.29 is 9.52 Å². The maximum atomic E-state index is 9.40. The topological polar surface area (TPSA) is 36.6 Å². The monoisotopic (exact) mass is 223 g/mol. The van der Waals surface area contributed by atoms with E-state index in [1.54, 1.807) is 6.07 Å². The summed E-state index contributed by atoms with van der Waals surface area (Å²) in [4.78, 5) is 2.29. The third kappa shape index (κ3) is 1.79. The second kappa shape index (κ2) is 3.44. The third-order valence-electron chi connectivity index (χ3n) is 3.58. The van der Waals surface area contributed by atoms with Crippen molar-refractivity contribution >= 4 is 5.88 Å². The molecule has 0 aromatic carbocycles. The van der Waals surface area contributed by atoms with E-state index in [4.69, 9.17) is 4.42 Å². The van der Waals surface area contributed by atoms with Crippen molar-refractivity contribution in [3.63, 3.8) is 0 Å². The molecule has 0 amide bonds. The first-order valence-corrected chi connectivity index (χ1v) is 5.91. The number of hydrogen-bond acceptors (Lipinski definition) is 3. The standard InChI is InChI=1S/C13H21NO2/c1-12(2)6-5-7-13(3,4)14(12)11-8-10(15)9-16-11/h8-9,15H,5-7H2,1-4H3. The van der Waals surface area contributed by atoms with E-state index in [9.17, 15) is 5.11 Å². The zero-order chi connectivity index (χ0) is 12.0. The maximum absolute atomic E-state index is 9.40. The second-order valence-corrected chi connectivity index (χ2v) is 5.96. The quantitative estimate of drug-likeness (QED) is 0.791. The van der Waals surface area contributed by atoms with Crippen LogP contribution < -0.4 is 4.90 Å². The molecule has 0 unspecified atom stereocenters. The van der Waals surface area contributed by atoms with Gasteiger partial charge in [-0.2, -0.15) is 0 Å². The molecule has 0 aliphatic carbocycles. The first kappa shape index (κ1) is 11.4.